The van der Waals surface area contributed by atoms with E-state index in [0.29, 0.717) is 0 Å². The summed E-state index contributed by atoms with van der Waals surface area (Å²) >= 11 is 0. The molecule has 0 aromatic rings. The number of hydrogen-bond donors (Lipinski definition) is 0. The van der Waals surface area contributed by atoms with Crippen molar-refractivity contribution in [1.29, 1.82) is 0 Å². The summed E-state index contributed by atoms with van der Waals surface area (Å²) in [7, 11) is 1.75. The maximum atomic E-state index is 3.61. The Morgan fingerprint density at radius 3 is 0.929 bits per heavy atom. The second-order valence-electron chi connectivity index (χ2n) is 0.988. The van der Waals surface area contributed by atoms with Gasteiger partial charge >= 0.3 is 0 Å². The van der Waals surface area contributed by atoms with Gasteiger partial charge in [-0.25, -0.2) is 0 Å². The molecule has 0 rings (SSSR count). The van der Waals surface area contributed by atoms with E-state index in [0.717, 1.165) is 0 Å². The average molecular weight is 201 g/mol. The van der Waals surface area contributed by atoms with Crippen molar-refractivity contribution in [2.24, 2.45) is 4.99 Å². The zero-order valence-corrected chi connectivity index (χ0v) is 11.6. The quantitative estimate of drug-likeness (QED) is 0.411. The second kappa shape index (κ2) is 152. The summed E-state index contributed by atoms with van der Waals surface area (Å²) in [6.45, 7) is 20.6. The van der Waals surface area contributed by atoms with Gasteiger partial charge in [-0.05, 0) is 13.1 Å². The predicted molar refractivity (Wildman–Crippen MR) is 74.5 cm³/mol. The van der Waals surface area contributed by atoms with E-state index < -0.39 is 0 Å². The Morgan fingerprint density at radius 1 is 0.786 bits per heavy atom. The lowest BCUT2D eigenvalue weighted by Gasteiger charge is -1.53. The molecule has 0 aliphatic carbocycles. The highest BCUT2D eigenvalue weighted by Crippen LogP contribution is 1.52. The Balaban J connectivity index is -0.0000000255. The largest absolute Gasteiger partial charge is 0.301 e. The molecule has 0 heterocycles. The fourth-order valence-electron chi connectivity index (χ4n) is 0. The lowest BCUT2D eigenvalue weighted by Crippen LogP contribution is -1.47. The molecule has 0 fully saturated rings. The van der Waals surface area contributed by atoms with Gasteiger partial charge in [0.2, 0.25) is 0 Å². The highest BCUT2D eigenvalue weighted by molar-refractivity contribution is 5.52. The molecule has 0 aromatic carbocycles. The molecule has 0 spiro atoms. The van der Waals surface area contributed by atoms with Gasteiger partial charge in [0.15, 0.2) is 0 Å². The molecule has 0 radical (unpaired) electrons. The Bertz CT molecular complexity index is 63.3. The first-order valence-electron chi connectivity index (χ1n) is 5.43. The van der Waals surface area contributed by atoms with Crippen molar-refractivity contribution in [3.05, 3.63) is 25.3 Å². The SMILES string of the molecule is C=CC=C.CC.CC.CC.CC=NC. The first kappa shape index (κ1) is 29.2. The molecule has 14 heavy (non-hydrogen) atoms. The summed E-state index contributed by atoms with van der Waals surface area (Å²) in [5.74, 6) is 0. The Hall–Kier alpha value is -0.850. The number of rotatable bonds is 1. The van der Waals surface area contributed by atoms with Crippen LogP contribution in [0.25, 0.3) is 0 Å². The highest BCUT2D eigenvalue weighted by atomic mass is 14.6. The third-order valence-electron chi connectivity index (χ3n) is 0.425. The van der Waals surface area contributed by atoms with Gasteiger partial charge in [-0.1, -0.05) is 66.9 Å². The summed E-state index contributed by atoms with van der Waals surface area (Å²) in [4.78, 5) is 3.61. The summed E-state index contributed by atoms with van der Waals surface area (Å²) in [6, 6.07) is 0. The van der Waals surface area contributed by atoms with E-state index in [-0.39, 0.29) is 0 Å². The summed E-state index contributed by atoms with van der Waals surface area (Å²) < 4.78 is 0. The Labute approximate surface area is 92.7 Å². The first-order chi connectivity index (χ1) is 6.83. The van der Waals surface area contributed by atoms with Crippen LogP contribution in [0.1, 0.15) is 48.5 Å². The van der Waals surface area contributed by atoms with Crippen molar-refractivity contribution in [3.8, 4) is 0 Å². The molecule has 88 valence electrons. The molecule has 1 nitrogen and oxygen atoms in total. The molecule has 0 atom stereocenters. The number of allylic oxidation sites excluding steroid dienone is 2. The van der Waals surface area contributed by atoms with Crippen LogP contribution in [0.15, 0.2) is 30.3 Å². The minimum Gasteiger partial charge on any atom is -0.301 e. The van der Waals surface area contributed by atoms with Crippen LogP contribution in [0.2, 0.25) is 0 Å². The van der Waals surface area contributed by atoms with Crippen molar-refractivity contribution in [3.63, 3.8) is 0 Å². The molecule has 0 unspecified atom stereocenters. The van der Waals surface area contributed by atoms with Crippen LogP contribution in [0.5, 0.6) is 0 Å². The molecule has 0 saturated carbocycles. The van der Waals surface area contributed by atoms with Gasteiger partial charge in [-0.3, -0.25) is 0 Å². The van der Waals surface area contributed by atoms with E-state index in [1.165, 1.54) is 0 Å². The van der Waals surface area contributed by atoms with Crippen molar-refractivity contribution in [1.82, 2.24) is 0 Å². The van der Waals surface area contributed by atoms with Crippen LogP contribution >= 0.6 is 0 Å². The smallest absolute Gasteiger partial charge is 0.0273 e. The highest BCUT2D eigenvalue weighted by Gasteiger charge is 1.32. The average Bonchev–Trinajstić information content (AvgIpc) is 2.36. The first-order valence-corrected chi connectivity index (χ1v) is 5.43. The van der Waals surface area contributed by atoms with E-state index in [9.17, 15) is 0 Å². The third-order valence-corrected chi connectivity index (χ3v) is 0.425. The van der Waals surface area contributed by atoms with Gasteiger partial charge in [-0.15, -0.1) is 0 Å². The number of nitrogens with zero attached hydrogens (tertiary/aromatic N) is 1. The van der Waals surface area contributed by atoms with Crippen LogP contribution in [0.3, 0.4) is 0 Å². The zero-order valence-electron chi connectivity index (χ0n) is 11.6. The van der Waals surface area contributed by atoms with Gasteiger partial charge in [0.25, 0.3) is 0 Å². The Kier molecular flexibility index (Phi) is 318. The fraction of sp³-hybridized carbons (Fsp3) is 0.615. The minimum atomic E-state index is 1.64. The standard InChI is InChI=1S/C4H6.C3H7N.3C2H6/c2*1-3-4-2;3*1-2/h3-4H,1-2H2;3H,1-2H3;3*1-2H3. The van der Waals surface area contributed by atoms with Crippen LogP contribution in [-0.2, 0) is 0 Å². The summed E-state index contributed by atoms with van der Waals surface area (Å²) in [5, 5.41) is 0. The molecule has 0 aliphatic heterocycles. The predicted octanol–water partition coefficient (Wildman–Crippen LogP) is 5.14. The van der Waals surface area contributed by atoms with Gasteiger partial charge in [-0.2, -0.15) is 0 Å². The summed E-state index contributed by atoms with van der Waals surface area (Å²) in [5.41, 5.74) is 0. The molecule has 0 amide bonds. The van der Waals surface area contributed by atoms with Crippen LogP contribution in [0.4, 0.5) is 0 Å². The van der Waals surface area contributed by atoms with E-state index in [1.54, 1.807) is 25.4 Å². The molecule has 1 heteroatoms. The lowest BCUT2D eigenvalue weighted by atomic mass is 10.6. The van der Waals surface area contributed by atoms with Crippen molar-refractivity contribution >= 4 is 6.21 Å². The van der Waals surface area contributed by atoms with Gasteiger partial charge in [0.1, 0.15) is 0 Å². The normalized spacial score (nSPS) is 5.43. The molecule has 0 aromatic heterocycles. The zero-order chi connectivity index (χ0) is 12.8. The van der Waals surface area contributed by atoms with Gasteiger partial charge < -0.3 is 4.99 Å². The van der Waals surface area contributed by atoms with Crippen molar-refractivity contribution < 1.29 is 0 Å². The monoisotopic (exact) mass is 201 g/mol. The molecule has 0 aliphatic rings. The topological polar surface area (TPSA) is 12.4 Å². The fourth-order valence-corrected chi connectivity index (χ4v) is 0. The maximum absolute atomic E-state index is 3.61. The second-order valence-corrected chi connectivity index (χ2v) is 0.988. The van der Waals surface area contributed by atoms with Crippen LogP contribution in [0, 0.1) is 0 Å². The molecule has 0 bridgehead atoms. The number of aliphatic imine (C=N–C) groups is 1. The van der Waals surface area contributed by atoms with Gasteiger partial charge in [0.05, 0.1) is 0 Å². The van der Waals surface area contributed by atoms with Gasteiger partial charge in [0, 0.05) is 7.05 Å². The Morgan fingerprint density at radius 2 is 0.929 bits per heavy atom. The lowest BCUT2D eigenvalue weighted by molar-refractivity contribution is 1.46. The molecular formula is C13H31N. The van der Waals surface area contributed by atoms with Crippen LogP contribution in [-0.4, -0.2) is 13.3 Å². The third kappa shape index (κ3) is 869. The van der Waals surface area contributed by atoms with E-state index in [4.69, 9.17) is 0 Å². The van der Waals surface area contributed by atoms with Crippen molar-refractivity contribution in [2.75, 3.05) is 7.05 Å². The van der Waals surface area contributed by atoms with Crippen LogP contribution < -0.4 is 0 Å². The maximum Gasteiger partial charge on any atom is 0.0273 e. The number of hydrogen-bond acceptors (Lipinski definition) is 1. The van der Waals surface area contributed by atoms with E-state index in [1.807, 2.05) is 48.5 Å². The molecular weight excluding hydrogens is 170 g/mol. The molecule has 0 saturated heterocycles. The van der Waals surface area contributed by atoms with E-state index in [2.05, 4.69) is 18.2 Å². The minimum absolute atomic E-state index is 1.64. The van der Waals surface area contributed by atoms with E-state index >= 15 is 0 Å². The summed E-state index contributed by atoms with van der Waals surface area (Å²) in [6.07, 6.45) is 5.03. The molecule has 0 N–H and O–H groups in total. The van der Waals surface area contributed by atoms with Crippen molar-refractivity contribution in [2.45, 2.75) is 48.5 Å².